The molecule has 1 amide bonds. The molecule has 4 rings (SSSR count). The summed E-state index contributed by atoms with van der Waals surface area (Å²) >= 11 is 0. The summed E-state index contributed by atoms with van der Waals surface area (Å²) in [7, 11) is 0. The molecular weight excluding hydrogens is 322 g/mol. The molecule has 4 aliphatic rings. The number of amides is 1. The van der Waals surface area contributed by atoms with E-state index in [9.17, 15) is 4.79 Å². The van der Waals surface area contributed by atoms with Gasteiger partial charge in [-0.25, -0.2) is 0 Å². The van der Waals surface area contributed by atoms with Crippen molar-refractivity contribution >= 4 is 5.91 Å². The Morgan fingerprint density at radius 1 is 0.923 bits per heavy atom. The van der Waals surface area contributed by atoms with Gasteiger partial charge in [0.1, 0.15) is 0 Å². The first-order valence-electron chi connectivity index (χ1n) is 11.3. The fraction of sp³-hybridized carbons (Fsp3) is 0.955. The number of hydrogen-bond donors (Lipinski definition) is 0. The summed E-state index contributed by atoms with van der Waals surface area (Å²) in [5.74, 6) is 1.50. The summed E-state index contributed by atoms with van der Waals surface area (Å²) in [5.41, 5.74) is 0.494. The van der Waals surface area contributed by atoms with E-state index < -0.39 is 0 Å². The van der Waals surface area contributed by atoms with E-state index in [1.54, 1.807) is 0 Å². The van der Waals surface area contributed by atoms with Gasteiger partial charge < -0.3 is 14.7 Å². The molecule has 26 heavy (non-hydrogen) atoms. The number of nitrogens with zero attached hydrogens (tertiary/aromatic N) is 3. The number of carbonyl (C=O) groups is 1. The molecule has 3 saturated heterocycles. The molecule has 0 radical (unpaired) electrons. The van der Waals surface area contributed by atoms with Crippen LogP contribution in [0.5, 0.6) is 0 Å². The Labute approximate surface area is 160 Å². The van der Waals surface area contributed by atoms with Gasteiger partial charge >= 0.3 is 0 Å². The lowest BCUT2D eigenvalue weighted by molar-refractivity contribution is -0.161. The van der Waals surface area contributed by atoms with Crippen LogP contribution < -0.4 is 0 Å². The Kier molecular flexibility index (Phi) is 5.35. The minimum atomic E-state index is 0.157. The standard InChI is InChI=1S/C22H39N3O/c1-4-18-5-9-23(10-6-18)19-7-11-24(12-8-19)20-13-22(14-20)15-25(16-22)21(26)17(2)3/h17-20H,4-16H2,1-3H3. The number of hydrogen-bond acceptors (Lipinski definition) is 3. The van der Waals surface area contributed by atoms with Crippen LogP contribution in [0.3, 0.4) is 0 Å². The predicted molar refractivity (Wildman–Crippen MR) is 106 cm³/mol. The van der Waals surface area contributed by atoms with Gasteiger partial charge in [0.05, 0.1) is 0 Å². The second-order valence-electron chi connectivity index (χ2n) is 10.1. The molecule has 3 heterocycles. The summed E-state index contributed by atoms with van der Waals surface area (Å²) in [6.45, 7) is 13.7. The van der Waals surface area contributed by atoms with Crippen LogP contribution in [-0.4, -0.2) is 72.0 Å². The zero-order valence-electron chi connectivity index (χ0n) is 17.3. The van der Waals surface area contributed by atoms with Gasteiger partial charge in [0.15, 0.2) is 0 Å². The smallest absolute Gasteiger partial charge is 0.225 e. The molecule has 0 unspecified atom stereocenters. The Morgan fingerprint density at radius 2 is 1.46 bits per heavy atom. The Hall–Kier alpha value is -0.610. The maximum atomic E-state index is 12.1. The van der Waals surface area contributed by atoms with E-state index in [1.807, 2.05) is 13.8 Å². The van der Waals surface area contributed by atoms with E-state index >= 15 is 0 Å². The molecule has 0 bridgehead atoms. The van der Waals surface area contributed by atoms with Crippen molar-refractivity contribution in [1.29, 1.82) is 0 Å². The zero-order chi connectivity index (χ0) is 18.3. The maximum Gasteiger partial charge on any atom is 0.225 e. The molecule has 148 valence electrons. The molecular formula is C22H39N3O. The Morgan fingerprint density at radius 3 is 2.00 bits per heavy atom. The summed E-state index contributed by atoms with van der Waals surface area (Å²) in [6.07, 6.45) is 9.64. The van der Waals surface area contributed by atoms with E-state index in [0.717, 1.165) is 31.1 Å². The third kappa shape index (κ3) is 3.56. The van der Waals surface area contributed by atoms with Crippen molar-refractivity contribution in [3.8, 4) is 0 Å². The third-order valence-corrected chi connectivity index (χ3v) is 7.95. The van der Waals surface area contributed by atoms with Gasteiger partial charge in [-0.2, -0.15) is 0 Å². The SMILES string of the molecule is CCC1CCN(C2CCN(C3CC4(C3)CN(C(=O)C(C)C)C4)CC2)CC1. The molecule has 1 saturated carbocycles. The fourth-order valence-electron chi connectivity index (χ4n) is 6.08. The minimum absolute atomic E-state index is 0.157. The van der Waals surface area contributed by atoms with Gasteiger partial charge in [-0.05, 0) is 70.6 Å². The van der Waals surface area contributed by atoms with Crippen molar-refractivity contribution in [1.82, 2.24) is 14.7 Å². The van der Waals surface area contributed by atoms with Crippen molar-refractivity contribution in [3.63, 3.8) is 0 Å². The lowest BCUT2D eigenvalue weighted by atomic mass is 9.60. The summed E-state index contributed by atoms with van der Waals surface area (Å²) in [5, 5.41) is 0. The molecule has 1 spiro atoms. The van der Waals surface area contributed by atoms with E-state index in [-0.39, 0.29) is 5.92 Å². The summed E-state index contributed by atoms with van der Waals surface area (Å²) < 4.78 is 0. The van der Waals surface area contributed by atoms with Crippen LogP contribution in [0.1, 0.15) is 65.7 Å². The van der Waals surface area contributed by atoms with Crippen LogP contribution in [0.2, 0.25) is 0 Å². The van der Waals surface area contributed by atoms with Crippen LogP contribution in [0, 0.1) is 17.3 Å². The van der Waals surface area contributed by atoms with Crippen LogP contribution in [0.25, 0.3) is 0 Å². The molecule has 4 fully saturated rings. The lowest BCUT2D eigenvalue weighted by Gasteiger charge is -2.62. The molecule has 4 nitrogen and oxygen atoms in total. The van der Waals surface area contributed by atoms with Gasteiger partial charge in [0, 0.05) is 36.5 Å². The highest BCUT2D eigenvalue weighted by Gasteiger charge is 2.55. The van der Waals surface area contributed by atoms with Crippen LogP contribution in [0.4, 0.5) is 0 Å². The van der Waals surface area contributed by atoms with Crippen molar-refractivity contribution in [2.45, 2.75) is 77.8 Å². The largest absolute Gasteiger partial charge is 0.341 e. The van der Waals surface area contributed by atoms with Crippen LogP contribution in [0.15, 0.2) is 0 Å². The second-order valence-corrected chi connectivity index (χ2v) is 10.1. The molecule has 0 N–H and O–H groups in total. The average molecular weight is 362 g/mol. The average Bonchev–Trinajstić information content (AvgIpc) is 2.59. The van der Waals surface area contributed by atoms with Crippen molar-refractivity contribution < 1.29 is 4.79 Å². The Balaban J connectivity index is 1.16. The predicted octanol–water partition coefficient (Wildman–Crippen LogP) is 3.22. The summed E-state index contributed by atoms with van der Waals surface area (Å²) in [6, 6.07) is 1.65. The minimum Gasteiger partial charge on any atom is -0.341 e. The van der Waals surface area contributed by atoms with Crippen LogP contribution in [-0.2, 0) is 4.79 Å². The van der Waals surface area contributed by atoms with Crippen molar-refractivity contribution in [2.75, 3.05) is 39.3 Å². The van der Waals surface area contributed by atoms with E-state index in [4.69, 9.17) is 0 Å². The van der Waals surface area contributed by atoms with Gasteiger partial charge in [-0.1, -0.05) is 27.2 Å². The highest BCUT2D eigenvalue weighted by Crippen LogP contribution is 2.51. The first-order chi connectivity index (χ1) is 12.5. The molecule has 0 atom stereocenters. The highest BCUT2D eigenvalue weighted by molar-refractivity contribution is 5.79. The van der Waals surface area contributed by atoms with Gasteiger partial charge in [-0.15, -0.1) is 0 Å². The van der Waals surface area contributed by atoms with E-state index in [0.29, 0.717) is 11.3 Å². The third-order valence-electron chi connectivity index (χ3n) is 7.95. The van der Waals surface area contributed by atoms with Gasteiger partial charge in [0.2, 0.25) is 5.91 Å². The molecule has 4 heteroatoms. The molecule has 0 aromatic carbocycles. The quantitative estimate of drug-likeness (QED) is 0.769. The van der Waals surface area contributed by atoms with Gasteiger partial charge in [0.25, 0.3) is 0 Å². The van der Waals surface area contributed by atoms with E-state index in [2.05, 4.69) is 21.6 Å². The van der Waals surface area contributed by atoms with Crippen LogP contribution >= 0.6 is 0 Å². The van der Waals surface area contributed by atoms with E-state index in [1.165, 1.54) is 71.1 Å². The first-order valence-corrected chi connectivity index (χ1v) is 11.3. The zero-order valence-corrected chi connectivity index (χ0v) is 17.3. The highest BCUT2D eigenvalue weighted by atomic mass is 16.2. The lowest BCUT2D eigenvalue weighted by Crippen LogP contribution is -2.68. The molecule has 1 aliphatic carbocycles. The maximum absolute atomic E-state index is 12.1. The van der Waals surface area contributed by atoms with Crippen molar-refractivity contribution in [3.05, 3.63) is 0 Å². The first kappa shape index (κ1) is 18.7. The number of rotatable bonds is 4. The molecule has 0 aromatic heterocycles. The molecule has 0 aromatic rings. The monoisotopic (exact) mass is 361 g/mol. The second kappa shape index (κ2) is 7.43. The topological polar surface area (TPSA) is 26.8 Å². The fourth-order valence-corrected chi connectivity index (χ4v) is 6.08. The van der Waals surface area contributed by atoms with Gasteiger partial charge in [-0.3, -0.25) is 4.79 Å². The number of carbonyl (C=O) groups excluding carboxylic acids is 1. The summed E-state index contributed by atoms with van der Waals surface area (Å²) in [4.78, 5) is 19.7. The molecule has 3 aliphatic heterocycles. The Bertz CT molecular complexity index is 490. The normalized spacial score (nSPS) is 29.2. The van der Waals surface area contributed by atoms with Crippen molar-refractivity contribution in [2.24, 2.45) is 17.3 Å². The number of likely N-dealkylation sites (tertiary alicyclic amines) is 3. The number of piperidine rings is 2.